The second-order valence-corrected chi connectivity index (χ2v) is 8.28. The van der Waals surface area contributed by atoms with E-state index in [1.54, 1.807) is 0 Å². The molecule has 3 unspecified atom stereocenters. The predicted molar refractivity (Wildman–Crippen MR) is 80.6 cm³/mol. The van der Waals surface area contributed by atoms with E-state index in [0.717, 1.165) is 29.6 Å². The van der Waals surface area contributed by atoms with Crippen molar-refractivity contribution in [1.82, 2.24) is 0 Å². The summed E-state index contributed by atoms with van der Waals surface area (Å²) in [5.74, 6) is 5.19. The molecule has 0 spiro atoms. The average molecular weight is 250 g/mol. The van der Waals surface area contributed by atoms with E-state index >= 15 is 0 Å². The minimum absolute atomic E-state index is 0.706. The summed E-state index contributed by atoms with van der Waals surface area (Å²) in [4.78, 5) is 0. The number of hydrogen-bond donors (Lipinski definition) is 0. The summed E-state index contributed by atoms with van der Waals surface area (Å²) >= 11 is 0. The molecule has 0 aromatic heterocycles. The van der Waals surface area contributed by atoms with Crippen LogP contribution in [-0.2, 0) is 0 Å². The van der Waals surface area contributed by atoms with E-state index in [-0.39, 0.29) is 0 Å². The summed E-state index contributed by atoms with van der Waals surface area (Å²) in [6.07, 6.45) is 10.4. The lowest BCUT2D eigenvalue weighted by atomic mass is 9.46. The first-order chi connectivity index (χ1) is 8.41. The molecule has 4 aliphatic carbocycles. The monoisotopic (exact) mass is 250 g/mol. The molecule has 4 saturated carbocycles. The molecule has 2 bridgehead atoms. The Morgan fingerprint density at radius 2 is 1.22 bits per heavy atom. The Bertz CT molecular complexity index is 245. The van der Waals surface area contributed by atoms with Crippen LogP contribution in [0.3, 0.4) is 0 Å². The molecule has 0 nitrogen and oxygen atoms in total. The largest absolute Gasteiger partial charge is 0.0625 e. The van der Waals surface area contributed by atoms with Crippen LogP contribution < -0.4 is 0 Å². The fourth-order valence-corrected chi connectivity index (χ4v) is 4.60. The molecule has 0 radical (unpaired) electrons. The van der Waals surface area contributed by atoms with Crippen LogP contribution in [0.15, 0.2) is 0 Å². The van der Waals surface area contributed by atoms with E-state index in [1.165, 1.54) is 44.9 Å². The van der Waals surface area contributed by atoms with Crippen LogP contribution in [0.1, 0.15) is 79.6 Å². The van der Waals surface area contributed by atoms with Crippen molar-refractivity contribution < 1.29 is 0 Å². The van der Waals surface area contributed by atoms with Gasteiger partial charge in [0.1, 0.15) is 0 Å². The third-order valence-electron chi connectivity index (χ3n) is 6.51. The highest BCUT2D eigenvalue weighted by Gasteiger charge is 2.52. The van der Waals surface area contributed by atoms with Crippen LogP contribution in [0.5, 0.6) is 0 Å². The van der Waals surface area contributed by atoms with Crippen LogP contribution in [0.2, 0.25) is 0 Å². The molecule has 0 aromatic rings. The zero-order chi connectivity index (χ0) is 13.3. The molecule has 0 N–H and O–H groups in total. The molecule has 18 heavy (non-hydrogen) atoms. The van der Waals surface area contributed by atoms with Gasteiger partial charge in [-0.2, -0.15) is 0 Å². The van der Waals surface area contributed by atoms with Gasteiger partial charge < -0.3 is 0 Å². The van der Waals surface area contributed by atoms with Crippen LogP contribution in [0.4, 0.5) is 0 Å². The van der Waals surface area contributed by atoms with Crippen LogP contribution in [0, 0.1) is 35.0 Å². The van der Waals surface area contributed by atoms with E-state index in [0.29, 0.717) is 5.41 Å². The lowest BCUT2D eigenvalue weighted by Crippen LogP contribution is -2.51. The summed E-state index contributed by atoms with van der Waals surface area (Å²) in [5.41, 5.74) is 0.706. The first-order valence-electron chi connectivity index (χ1n) is 8.41. The molecule has 4 rings (SSSR count). The zero-order valence-corrected chi connectivity index (χ0v) is 13.3. The molecule has 4 fully saturated rings. The Labute approximate surface area is 115 Å². The highest BCUT2D eigenvalue weighted by molar-refractivity contribution is 5.01. The Kier molecular flexibility index (Phi) is 4.44. The predicted octanol–water partition coefficient (Wildman–Crippen LogP) is 5.91. The third-order valence-corrected chi connectivity index (χ3v) is 6.51. The molecule has 0 aliphatic heterocycles. The number of fused-ring (bicyclic) bond motifs is 2. The van der Waals surface area contributed by atoms with Gasteiger partial charge in [-0.25, -0.2) is 0 Å². The van der Waals surface area contributed by atoms with E-state index in [1.807, 2.05) is 0 Å². The summed E-state index contributed by atoms with van der Waals surface area (Å²) < 4.78 is 0. The molecule has 3 atom stereocenters. The quantitative estimate of drug-likeness (QED) is 0.501. The molecule has 106 valence electrons. The van der Waals surface area contributed by atoms with Gasteiger partial charge in [-0.1, -0.05) is 66.7 Å². The molecular weight excluding hydrogens is 216 g/mol. The van der Waals surface area contributed by atoms with Gasteiger partial charge in [0.05, 0.1) is 0 Å². The third kappa shape index (κ3) is 2.94. The van der Waals surface area contributed by atoms with Crippen molar-refractivity contribution in [3.63, 3.8) is 0 Å². The lowest BCUT2D eigenvalue weighted by Gasteiger charge is -2.59. The van der Waals surface area contributed by atoms with Crippen molar-refractivity contribution in [2.24, 2.45) is 35.0 Å². The molecule has 4 aliphatic rings. The Morgan fingerprint density at radius 1 is 0.722 bits per heavy atom. The van der Waals surface area contributed by atoms with E-state index in [2.05, 4.69) is 34.6 Å². The van der Waals surface area contributed by atoms with Crippen LogP contribution in [-0.4, -0.2) is 0 Å². The Balaban J connectivity index is 0.000000138. The van der Waals surface area contributed by atoms with E-state index in [4.69, 9.17) is 0 Å². The van der Waals surface area contributed by atoms with Crippen molar-refractivity contribution >= 4 is 0 Å². The molecule has 0 saturated heterocycles. The Hall–Kier alpha value is 0. The van der Waals surface area contributed by atoms with Crippen molar-refractivity contribution in [2.45, 2.75) is 79.6 Å². The maximum absolute atomic E-state index is 2.46. The maximum Gasteiger partial charge on any atom is -0.0295 e. The zero-order valence-electron chi connectivity index (χ0n) is 13.3. The number of rotatable bonds is 0. The highest BCUT2D eigenvalue weighted by atomic mass is 14.6. The molecule has 0 amide bonds. The van der Waals surface area contributed by atoms with Crippen molar-refractivity contribution in [3.05, 3.63) is 0 Å². The number of hydrogen-bond acceptors (Lipinski definition) is 0. The maximum atomic E-state index is 2.46. The van der Waals surface area contributed by atoms with Crippen LogP contribution >= 0.6 is 0 Å². The summed E-state index contributed by atoms with van der Waals surface area (Å²) in [6.45, 7) is 12.1. The average Bonchev–Trinajstić information content (AvgIpc) is 2.33. The van der Waals surface area contributed by atoms with Gasteiger partial charge in [-0.05, 0) is 47.8 Å². The second kappa shape index (κ2) is 5.55. The van der Waals surface area contributed by atoms with Crippen molar-refractivity contribution in [3.8, 4) is 0 Å². The molecule has 0 aromatic carbocycles. The minimum Gasteiger partial charge on any atom is -0.0625 e. The fourth-order valence-electron chi connectivity index (χ4n) is 4.60. The second-order valence-electron chi connectivity index (χ2n) is 8.28. The summed E-state index contributed by atoms with van der Waals surface area (Å²) in [5, 5.41) is 0. The standard InChI is InChI=1S/C10H18.C8H16/c1-7-4-5-8-6-9(7)10(8,2)3;1-7-3-5-8(2)6-4-7/h7-9H,4-6H2,1-3H3;7-8H,3-6H2,1-2H3. The fraction of sp³-hybridized carbons (Fsp3) is 1.00. The van der Waals surface area contributed by atoms with Crippen molar-refractivity contribution in [2.75, 3.05) is 0 Å². The topological polar surface area (TPSA) is 0 Å². The van der Waals surface area contributed by atoms with E-state index < -0.39 is 0 Å². The lowest BCUT2D eigenvalue weighted by molar-refractivity contribution is -0.0988. The smallest absolute Gasteiger partial charge is 0.0295 e. The van der Waals surface area contributed by atoms with Crippen molar-refractivity contribution in [1.29, 1.82) is 0 Å². The molecule has 0 heterocycles. The SMILES string of the molecule is CC1CCC(C)CC1.CC1CCC2CC1C2(C)C. The van der Waals surface area contributed by atoms with Crippen LogP contribution in [0.25, 0.3) is 0 Å². The van der Waals surface area contributed by atoms with Gasteiger partial charge >= 0.3 is 0 Å². The van der Waals surface area contributed by atoms with E-state index in [9.17, 15) is 0 Å². The van der Waals surface area contributed by atoms with Gasteiger partial charge in [-0.15, -0.1) is 0 Å². The Morgan fingerprint density at radius 3 is 1.50 bits per heavy atom. The minimum atomic E-state index is 0.706. The van der Waals surface area contributed by atoms with Gasteiger partial charge in [0.15, 0.2) is 0 Å². The highest BCUT2D eigenvalue weighted by Crippen LogP contribution is 2.61. The molecular formula is C18H34. The normalized spacial score (nSPS) is 45.5. The first-order valence-corrected chi connectivity index (χ1v) is 8.41. The van der Waals surface area contributed by atoms with Gasteiger partial charge in [0.2, 0.25) is 0 Å². The summed E-state index contributed by atoms with van der Waals surface area (Å²) in [6, 6.07) is 0. The summed E-state index contributed by atoms with van der Waals surface area (Å²) in [7, 11) is 0. The van der Waals surface area contributed by atoms with Gasteiger partial charge in [0.25, 0.3) is 0 Å². The van der Waals surface area contributed by atoms with Gasteiger partial charge in [-0.3, -0.25) is 0 Å². The first kappa shape index (κ1) is 14.4. The van der Waals surface area contributed by atoms with Gasteiger partial charge in [0, 0.05) is 0 Å². The molecule has 0 heteroatoms.